The maximum absolute atomic E-state index is 3.63. The van der Waals surface area contributed by atoms with Crippen LogP contribution in [0.3, 0.4) is 0 Å². The number of thiophene rings is 1. The second-order valence-corrected chi connectivity index (χ2v) is 6.51. The predicted molar refractivity (Wildman–Crippen MR) is 83.9 cm³/mol. The molecule has 1 aliphatic heterocycles. The van der Waals surface area contributed by atoms with Crippen molar-refractivity contribution >= 4 is 11.3 Å². The van der Waals surface area contributed by atoms with Gasteiger partial charge in [0.1, 0.15) is 0 Å². The Labute approximate surface area is 121 Å². The molecular weight excluding hydrogens is 254 g/mol. The third kappa shape index (κ3) is 4.28. The Balaban J connectivity index is 1.68. The highest BCUT2D eigenvalue weighted by Crippen LogP contribution is 2.17. The van der Waals surface area contributed by atoms with Crippen molar-refractivity contribution in [1.29, 1.82) is 0 Å². The monoisotopic (exact) mass is 281 g/mol. The second kappa shape index (κ2) is 7.39. The third-order valence-electron chi connectivity index (χ3n) is 4.18. The van der Waals surface area contributed by atoms with E-state index in [9.17, 15) is 0 Å². The molecule has 1 aromatic heterocycles. The number of nitrogens with one attached hydrogen (secondary N) is 1. The van der Waals surface area contributed by atoms with Gasteiger partial charge in [-0.15, -0.1) is 11.3 Å². The number of nitrogens with zero attached hydrogens (tertiary/aromatic N) is 2. The van der Waals surface area contributed by atoms with Crippen molar-refractivity contribution in [2.75, 3.05) is 39.8 Å². The predicted octanol–water partition coefficient (Wildman–Crippen LogP) is 2.42. The van der Waals surface area contributed by atoms with Crippen LogP contribution in [0, 0.1) is 0 Å². The largest absolute Gasteiger partial charge is 0.308 e. The highest BCUT2D eigenvalue weighted by Gasteiger charge is 2.22. The zero-order chi connectivity index (χ0) is 13.7. The molecule has 1 N–H and O–H groups in total. The lowest BCUT2D eigenvalue weighted by Gasteiger charge is -2.39. The SMILES string of the molecule is CCC1CN(CCNC(C)c2cccs2)CCN1C. The lowest BCUT2D eigenvalue weighted by molar-refractivity contribution is 0.0935. The first kappa shape index (κ1) is 15.0. The first-order valence-corrected chi connectivity index (χ1v) is 8.28. The van der Waals surface area contributed by atoms with Gasteiger partial charge in [-0.3, -0.25) is 4.90 Å². The number of likely N-dealkylation sites (N-methyl/N-ethyl adjacent to an activating group) is 1. The van der Waals surface area contributed by atoms with Gasteiger partial charge in [0.25, 0.3) is 0 Å². The lowest BCUT2D eigenvalue weighted by atomic mass is 10.1. The van der Waals surface area contributed by atoms with E-state index in [1.165, 1.54) is 37.5 Å². The number of rotatable bonds is 6. The molecule has 2 atom stereocenters. The first-order valence-electron chi connectivity index (χ1n) is 7.40. The fraction of sp³-hybridized carbons (Fsp3) is 0.733. The Morgan fingerprint density at radius 3 is 3.00 bits per heavy atom. The molecule has 1 fully saturated rings. The maximum atomic E-state index is 3.63. The highest BCUT2D eigenvalue weighted by atomic mass is 32.1. The van der Waals surface area contributed by atoms with Crippen LogP contribution < -0.4 is 5.32 Å². The minimum atomic E-state index is 0.481. The van der Waals surface area contributed by atoms with Crippen molar-refractivity contribution in [3.63, 3.8) is 0 Å². The normalized spacial score (nSPS) is 23.6. The molecule has 0 amide bonds. The molecule has 0 bridgehead atoms. The quantitative estimate of drug-likeness (QED) is 0.864. The molecule has 0 saturated carbocycles. The minimum absolute atomic E-state index is 0.481. The molecule has 108 valence electrons. The van der Waals surface area contributed by atoms with E-state index in [0.29, 0.717) is 6.04 Å². The molecular formula is C15H27N3S. The van der Waals surface area contributed by atoms with Gasteiger partial charge in [0, 0.05) is 49.7 Å². The summed E-state index contributed by atoms with van der Waals surface area (Å²) < 4.78 is 0. The van der Waals surface area contributed by atoms with Crippen molar-refractivity contribution in [2.24, 2.45) is 0 Å². The van der Waals surface area contributed by atoms with Gasteiger partial charge >= 0.3 is 0 Å². The van der Waals surface area contributed by atoms with E-state index in [-0.39, 0.29) is 0 Å². The number of piperazine rings is 1. The molecule has 4 heteroatoms. The van der Waals surface area contributed by atoms with Crippen molar-refractivity contribution in [3.05, 3.63) is 22.4 Å². The standard InChI is InChI=1S/C15H27N3S/c1-4-14-12-18(10-9-17(14)3)8-7-16-13(2)15-6-5-11-19-15/h5-6,11,13-14,16H,4,7-10,12H2,1-3H3. The molecule has 1 aliphatic rings. The summed E-state index contributed by atoms with van der Waals surface area (Å²) in [6, 6.07) is 5.56. The zero-order valence-electron chi connectivity index (χ0n) is 12.4. The van der Waals surface area contributed by atoms with Gasteiger partial charge in [0.05, 0.1) is 0 Å². The summed E-state index contributed by atoms with van der Waals surface area (Å²) >= 11 is 1.84. The topological polar surface area (TPSA) is 18.5 Å². The second-order valence-electron chi connectivity index (χ2n) is 5.53. The molecule has 0 spiro atoms. The van der Waals surface area contributed by atoms with Crippen molar-refractivity contribution in [1.82, 2.24) is 15.1 Å². The van der Waals surface area contributed by atoms with Gasteiger partial charge in [0.15, 0.2) is 0 Å². The fourth-order valence-electron chi connectivity index (χ4n) is 2.73. The summed E-state index contributed by atoms with van der Waals surface area (Å²) in [5.41, 5.74) is 0. The van der Waals surface area contributed by atoms with Crippen molar-refractivity contribution in [2.45, 2.75) is 32.4 Å². The van der Waals surface area contributed by atoms with Crippen LogP contribution in [0.2, 0.25) is 0 Å². The minimum Gasteiger partial charge on any atom is -0.308 e. The average Bonchev–Trinajstić information content (AvgIpc) is 2.94. The molecule has 2 unspecified atom stereocenters. The van der Waals surface area contributed by atoms with Crippen molar-refractivity contribution < 1.29 is 0 Å². The van der Waals surface area contributed by atoms with E-state index in [1.807, 2.05) is 11.3 Å². The van der Waals surface area contributed by atoms with Crippen molar-refractivity contribution in [3.8, 4) is 0 Å². The van der Waals surface area contributed by atoms with Crippen LogP contribution in [0.4, 0.5) is 0 Å². The van der Waals surface area contributed by atoms with E-state index >= 15 is 0 Å². The summed E-state index contributed by atoms with van der Waals surface area (Å²) in [6.45, 7) is 10.4. The smallest absolute Gasteiger partial charge is 0.0386 e. The zero-order valence-corrected chi connectivity index (χ0v) is 13.2. The average molecular weight is 281 g/mol. The van der Waals surface area contributed by atoms with E-state index in [0.717, 1.165) is 12.6 Å². The summed E-state index contributed by atoms with van der Waals surface area (Å²) in [4.78, 5) is 6.53. The molecule has 1 aromatic rings. The van der Waals surface area contributed by atoms with Gasteiger partial charge in [-0.2, -0.15) is 0 Å². The Morgan fingerprint density at radius 1 is 1.47 bits per heavy atom. The van der Waals surface area contributed by atoms with E-state index < -0.39 is 0 Å². The van der Waals surface area contributed by atoms with E-state index in [2.05, 4.69) is 53.5 Å². The fourth-order valence-corrected chi connectivity index (χ4v) is 3.49. The number of hydrogen-bond acceptors (Lipinski definition) is 4. The van der Waals surface area contributed by atoms with Crippen LogP contribution in [0.25, 0.3) is 0 Å². The lowest BCUT2D eigenvalue weighted by Crippen LogP contribution is -2.52. The first-order chi connectivity index (χ1) is 9.20. The van der Waals surface area contributed by atoms with Gasteiger partial charge in [-0.1, -0.05) is 13.0 Å². The summed E-state index contributed by atoms with van der Waals surface area (Å²) in [5.74, 6) is 0. The number of hydrogen-bond donors (Lipinski definition) is 1. The van der Waals surface area contributed by atoms with Gasteiger partial charge < -0.3 is 10.2 Å². The van der Waals surface area contributed by atoms with Crippen LogP contribution in [0.5, 0.6) is 0 Å². The van der Waals surface area contributed by atoms with Crippen LogP contribution in [-0.4, -0.2) is 55.6 Å². The van der Waals surface area contributed by atoms with Gasteiger partial charge in [-0.05, 0) is 31.8 Å². The van der Waals surface area contributed by atoms with E-state index in [1.54, 1.807) is 0 Å². The summed E-state index contributed by atoms with van der Waals surface area (Å²) in [7, 11) is 2.25. The molecule has 3 nitrogen and oxygen atoms in total. The van der Waals surface area contributed by atoms with Gasteiger partial charge in [-0.25, -0.2) is 0 Å². The Hall–Kier alpha value is -0.420. The Bertz CT molecular complexity index is 352. The molecule has 19 heavy (non-hydrogen) atoms. The molecule has 0 aromatic carbocycles. The third-order valence-corrected chi connectivity index (χ3v) is 5.24. The van der Waals surface area contributed by atoms with Crippen LogP contribution in [0.1, 0.15) is 31.2 Å². The Morgan fingerprint density at radius 2 is 2.32 bits per heavy atom. The molecule has 0 radical (unpaired) electrons. The van der Waals surface area contributed by atoms with Crippen LogP contribution >= 0.6 is 11.3 Å². The summed E-state index contributed by atoms with van der Waals surface area (Å²) in [5, 5.41) is 5.78. The van der Waals surface area contributed by atoms with E-state index in [4.69, 9.17) is 0 Å². The van der Waals surface area contributed by atoms with Crippen LogP contribution in [-0.2, 0) is 0 Å². The van der Waals surface area contributed by atoms with Crippen LogP contribution in [0.15, 0.2) is 17.5 Å². The molecule has 1 saturated heterocycles. The summed E-state index contributed by atoms with van der Waals surface area (Å²) in [6.07, 6.45) is 1.26. The molecule has 2 heterocycles. The molecule has 2 rings (SSSR count). The maximum Gasteiger partial charge on any atom is 0.0386 e. The molecule has 0 aliphatic carbocycles. The Kier molecular flexibility index (Phi) is 5.82. The van der Waals surface area contributed by atoms with Gasteiger partial charge in [0.2, 0.25) is 0 Å². The highest BCUT2D eigenvalue weighted by molar-refractivity contribution is 7.10.